The SMILES string of the molecule is CC(C)C1=CC2=CC[C@H]3CCCC[C@]3(C)[C@H]2CC1. The second-order valence-corrected chi connectivity index (χ2v) is 7.35. The smallest absolute Gasteiger partial charge is 0.0105 e. The molecule has 1 saturated carbocycles. The summed E-state index contributed by atoms with van der Waals surface area (Å²) >= 11 is 0. The van der Waals surface area contributed by atoms with Gasteiger partial charge in [0.25, 0.3) is 0 Å². The molecule has 0 heterocycles. The molecule has 0 aromatic rings. The molecule has 0 aromatic heterocycles. The zero-order valence-electron chi connectivity index (χ0n) is 12.3. The van der Waals surface area contributed by atoms with Crippen LogP contribution in [0.3, 0.4) is 0 Å². The molecule has 0 amide bonds. The molecule has 100 valence electrons. The molecule has 0 bridgehead atoms. The first-order valence-corrected chi connectivity index (χ1v) is 8.02. The van der Waals surface area contributed by atoms with Gasteiger partial charge in [0.15, 0.2) is 0 Å². The Bertz CT molecular complexity index is 385. The summed E-state index contributed by atoms with van der Waals surface area (Å²) in [6, 6.07) is 0. The monoisotopic (exact) mass is 244 g/mol. The lowest BCUT2D eigenvalue weighted by Gasteiger charge is -2.51. The molecule has 0 unspecified atom stereocenters. The topological polar surface area (TPSA) is 0 Å². The quantitative estimate of drug-likeness (QED) is 0.571. The van der Waals surface area contributed by atoms with Gasteiger partial charge in [-0.3, -0.25) is 0 Å². The summed E-state index contributed by atoms with van der Waals surface area (Å²) in [5.41, 5.74) is 4.02. The summed E-state index contributed by atoms with van der Waals surface area (Å²) in [5.74, 6) is 2.59. The van der Waals surface area contributed by atoms with Crippen LogP contribution in [-0.4, -0.2) is 0 Å². The third kappa shape index (κ3) is 1.89. The Morgan fingerprint density at radius 2 is 2.06 bits per heavy atom. The van der Waals surface area contributed by atoms with Crippen LogP contribution in [0.25, 0.3) is 0 Å². The lowest BCUT2D eigenvalue weighted by atomic mass is 9.53. The van der Waals surface area contributed by atoms with Crippen LogP contribution in [0.5, 0.6) is 0 Å². The maximum Gasteiger partial charge on any atom is -0.0105 e. The van der Waals surface area contributed by atoms with Crippen LogP contribution in [0.15, 0.2) is 23.3 Å². The Morgan fingerprint density at radius 3 is 2.83 bits per heavy atom. The number of allylic oxidation sites excluding steroid dienone is 4. The lowest BCUT2D eigenvalue weighted by Crippen LogP contribution is -2.42. The van der Waals surface area contributed by atoms with Gasteiger partial charge in [0.05, 0.1) is 0 Å². The van der Waals surface area contributed by atoms with Gasteiger partial charge in [-0.1, -0.05) is 51.3 Å². The highest BCUT2D eigenvalue weighted by atomic mass is 14.5. The van der Waals surface area contributed by atoms with Gasteiger partial charge in [-0.05, 0) is 60.8 Å². The van der Waals surface area contributed by atoms with Crippen molar-refractivity contribution in [3.8, 4) is 0 Å². The first kappa shape index (κ1) is 12.5. The molecule has 0 saturated heterocycles. The van der Waals surface area contributed by atoms with Crippen molar-refractivity contribution in [1.29, 1.82) is 0 Å². The Morgan fingerprint density at radius 1 is 1.22 bits per heavy atom. The minimum absolute atomic E-state index is 0.626. The van der Waals surface area contributed by atoms with Gasteiger partial charge in [0.2, 0.25) is 0 Å². The molecule has 0 spiro atoms. The van der Waals surface area contributed by atoms with Gasteiger partial charge in [-0.15, -0.1) is 0 Å². The van der Waals surface area contributed by atoms with Crippen molar-refractivity contribution >= 4 is 0 Å². The summed E-state index contributed by atoms with van der Waals surface area (Å²) in [4.78, 5) is 0. The van der Waals surface area contributed by atoms with Gasteiger partial charge in [-0.2, -0.15) is 0 Å². The molecule has 0 N–H and O–H groups in total. The summed E-state index contributed by atoms with van der Waals surface area (Å²) < 4.78 is 0. The van der Waals surface area contributed by atoms with Crippen molar-refractivity contribution in [2.75, 3.05) is 0 Å². The van der Waals surface area contributed by atoms with E-state index in [1.165, 1.54) is 44.9 Å². The summed E-state index contributed by atoms with van der Waals surface area (Å²) in [5, 5.41) is 0. The molecule has 3 rings (SSSR count). The molecule has 0 aliphatic heterocycles. The number of rotatable bonds is 1. The molecule has 3 atom stereocenters. The maximum absolute atomic E-state index is 2.60. The minimum atomic E-state index is 0.626. The minimum Gasteiger partial charge on any atom is -0.0807 e. The first-order valence-electron chi connectivity index (χ1n) is 8.02. The molecule has 0 heteroatoms. The van der Waals surface area contributed by atoms with E-state index >= 15 is 0 Å². The maximum atomic E-state index is 2.60. The van der Waals surface area contributed by atoms with Crippen LogP contribution in [0.1, 0.15) is 65.7 Å². The van der Waals surface area contributed by atoms with E-state index in [1.807, 2.05) is 0 Å². The average molecular weight is 244 g/mol. The van der Waals surface area contributed by atoms with Gasteiger partial charge in [0.1, 0.15) is 0 Å². The van der Waals surface area contributed by atoms with E-state index < -0.39 is 0 Å². The van der Waals surface area contributed by atoms with E-state index in [0.717, 1.165) is 17.8 Å². The van der Waals surface area contributed by atoms with E-state index in [-0.39, 0.29) is 0 Å². The van der Waals surface area contributed by atoms with Crippen molar-refractivity contribution in [2.24, 2.45) is 23.2 Å². The average Bonchev–Trinajstić information content (AvgIpc) is 2.37. The molecular formula is C18H28. The molecule has 18 heavy (non-hydrogen) atoms. The molecular weight excluding hydrogens is 216 g/mol. The Hall–Kier alpha value is -0.520. The fourth-order valence-electron chi connectivity index (χ4n) is 4.79. The zero-order chi connectivity index (χ0) is 12.8. The van der Waals surface area contributed by atoms with E-state index in [4.69, 9.17) is 0 Å². The van der Waals surface area contributed by atoms with E-state index in [9.17, 15) is 0 Å². The second kappa shape index (κ2) is 4.54. The van der Waals surface area contributed by atoms with Crippen molar-refractivity contribution in [1.82, 2.24) is 0 Å². The summed E-state index contributed by atoms with van der Waals surface area (Å²) in [6.45, 7) is 7.30. The second-order valence-electron chi connectivity index (χ2n) is 7.35. The van der Waals surface area contributed by atoms with Gasteiger partial charge < -0.3 is 0 Å². The van der Waals surface area contributed by atoms with E-state index in [0.29, 0.717) is 5.41 Å². The molecule has 0 radical (unpaired) electrons. The van der Waals surface area contributed by atoms with Crippen LogP contribution >= 0.6 is 0 Å². The fraction of sp³-hybridized carbons (Fsp3) is 0.778. The van der Waals surface area contributed by atoms with Gasteiger partial charge >= 0.3 is 0 Å². The Balaban J connectivity index is 1.92. The Labute approximate surface area is 113 Å². The van der Waals surface area contributed by atoms with E-state index in [2.05, 4.69) is 32.9 Å². The van der Waals surface area contributed by atoms with Crippen molar-refractivity contribution < 1.29 is 0 Å². The highest BCUT2D eigenvalue weighted by Crippen LogP contribution is 2.56. The molecule has 3 aliphatic rings. The van der Waals surface area contributed by atoms with Gasteiger partial charge in [0, 0.05) is 0 Å². The molecule has 1 fully saturated rings. The summed E-state index contributed by atoms with van der Waals surface area (Å²) in [6.07, 6.45) is 15.2. The number of hydrogen-bond acceptors (Lipinski definition) is 0. The van der Waals surface area contributed by atoms with E-state index in [1.54, 1.807) is 11.1 Å². The Kier molecular flexibility index (Phi) is 3.16. The van der Waals surface area contributed by atoms with Crippen molar-refractivity contribution in [3.05, 3.63) is 23.3 Å². The largest absolute Gasteiger partial charge is 0.0807 e. The highest BCUT2D eigenvalue weighted by Gasteiger charge is 2.46. The predicted octanol–water partition coefficient (Wildman–Crippen LogP) is 5.51. The third-order valence-electron chi connectivity index (χ3n) is 6.10. The van der Waals surface area contributed by atoms with Crippen LogP contribution in [0.2, 0.25) is 0 Å². The summed E-state index contributed by atoms with van der Waals surface area (Å²) in [7, 11) is 0. The molecule has 0 nitrogen and oxygen atoms in total. The van der Waals surface area contributed by atoms with Crippen molar-refractivity contribution in [3.63, 3.8) is 0 Å². The standard InChI is InChI=1S/C18H28/c1-13(2)14-8-10-17-15(12-14)7-9-16-6-4-5-11-18(16,17)3/h7,12-13,16-17H,4-6,8-11H2,1-3H3/t16-,17+,18+/m1/s1. The number of fused-ring (bicyclic) bond motifs is 3. The van der Waals surface area contributed by atoms with Crippen LogP contribution in [0.4, 0.5) is 0 Å². The van der Waals surface area contributed by atoms with Crippen LogP contribution in [-0.2, 0) is 0 Å². The first-order chi connectivity index (χ1) is 8.61. The van der Waals surface area contributed by atoms with Crippen LogP contribution < -0.4 is 0 Å². The van der Waals surface area contributed by atoms with Gasteiger partial charge in [-0.25, -0.2) is 0 Å². The molecule has 0 aromatic carbocycles. The highest BCUT2D eigenvalue weighted by molar-refractivity contribution is 5.34. The zero-order valence-corrected chi connectivity index (χ0v) is 12.3. The van der Waals surface area contributed by atoms with Crippen molar-refractivity contribution in [2.45, 2.75) is 65.7 Å². The van der Waals surface area contributed by atoms with Crippen LogP contribution in [0, 0.1) is 23.2 Å². The predicted molar refractivity (Wildman–Crippen MR) is 78.4 cm³/mol. The fourth-order valence-corrected chi connectivity index (χ4v) is 4.79. The third-order valence-corrected chi connectivity index (χ3v) is 6.10. The molecule has 3 aliphatic carbocycles. The lowest BCUT2D eigenvalue weighted by molar-refractivity contribution is 0.0472. The normalized spacial score (nSPS) is 39.8. The number of hydrogen-bond donors (Lipinski definition) is 0.